The number of nitrogens with two attached hydrogens (primary N) is 1. The molecule has 0 unspecified atom stereocenters. The summed E-state index contributed by atoms with van der Waals surface area (Å²) >= 11 is 5.78. The summed E-state index contributed by atoms with van der Waals surface area (Å²) in [6.45, 7) is 1.83. The third kappa shape index (κ3) is 3.00. The van der Waals surface area contributed by atoms with Gasteiger partial charge in [-0.25, -0.2) is 8.42 Å². The van der Waals surface area contributed by atoms with Crippen molar-refractivity contribution in [2.75, 3.05) is 10.5 Å². The van der Waals surface area contributed by atoms with Gasteiger partial charge < -0.3 is 5.73 Å². The summed E-state index contributed by atoms with van der Waals surface area (Å²) in [5, 5.41) is 0.329. The highest BCUT2D eigenvalue weighted by Gasteiger charge is 2.16. The van der Waals surface area contributed by atoms with Gasteiger partial charge in [0.05, 0.1) is 21.3 Å². The summed E-state index contributed by atoms with van der Waals surface area (Å²) < 4.78 is 26.9. The van der Waals surface area contributed by atoms with Crippen LogP contribution in [0.1, 0.15) is 5.56 Å². The molecule has 2 aromatic carbocycles. The minimum absolute atomic E-state index is 0.0812. The van der Waals surface area contributed by atoms with E-state index in [1.54, 1.807) is 12.1 Å². The zero-order chi connectivity index (χ0) is 14.0. The lowest BCUT2D eigenvalue weighted by molar-refractivity contribution is 0.601. The Hall–Kier alpha value is -1.72. The topological polar surface area (TPSA) is 72.2 Å². The van der Waals surface area contributed by atoms with Crippen LogP contribution >= 0.6 is 11.6 Å². The highest BCUT2D eigenvalue weighted by molar-refractivity contribution is 7.92. The van der Waals surface area contributed by atoms with E-state index in [2.05, 4.69) is 4.72 Å². The highest BCUT2D eigenvalue weighted by Crippen LogP contribution is 2.24. The maximum atomic E-state index is 12.2. The summed E-state index contributed by atoms with van der Waals surface area (Å²) in [7, 11) is -3.66. The summed E-state index contributed by atoms with van der Waals surface area (Å²) in [6, 6.07) is 11.3. The molecule has 0 spiro atoms. The Morgan fingerprint density at radius 2 is 1.84 bits per heavy atom. The molecule has 19 heavy (non-hydrogen) atoms. The van der Waals surface area contributed by atoms with Gasteiger partial charge in [-0.2, -0.15) is 0 Å². The fraction of sp³-hybridized carbons (Fsp3) is 0.0769. The molecule has 0 aliphatic rings. The van der Waals surface area contributed by atoms with Crippen LogP contribution in [0.3, 0.4) is 0 Å². The van der Waals surface area contributed by atoms with Gasteiger partial charge in [0, 0.05) is 0 Å². The van der Waals surface area contributed by atoms with Crippen molar-refractivity contribution in [2.24, 2.45) is 0 Å². The van der Waals surface area contributed by atoms with Crippen LogP contribution in [0, 0.1) is 6.92 Å². The number of hydrogen-bond acceptors (Lipinski definition) is 3. The second-order valence-corrected chi connectivity index (χ2v) is 6.19. The van der Waals surface area contributed by atoms with Crippen LogP contribution in [0.15, 0.2) is 47.4 Å². The number of hydrogen-bond donors (Lipinski definition) is 2. The monoisotopic (exact) mass is 296 g/mol. The van der Waals surface area contributed by atoms with Gasteiger partial charge in [0.2, 0.25) is 0 Å². The first-order valence-corrected chi connectivity index (χ1v) is 7.40. The molecule has 0 saturated carbocycles. The van der Waals surface area contributed by atoms with Gasteiger partial charge in [-0.05, 0) is 36.8 Å². The number of rotatable bonds is 3. The Balaban J connectivity index is 2.38. The molecule has 2 aromatic rings. The first-order chi connectivity index (χ1) is 8.90. The molecule has 0 fully saturated rings. The standard InChI is InChI=1S/C13H13ClN2O2S/c1-9-4-2-3-5-13(9)16-19(17,18)10-6-7-11(14)12(15)8-10/h2-8,16H,15H2,1H3. The summed E-state index contributed by atoms with van der Waals surface area (Å²) in [5.74, 6) is 0. The van der Waals surface area contributed by atoms with Gasteiger partial charge in [-0.1, -0.05) is 29.8 Å². The number of nitrogen functional groups attached to an aromatic ring is 1. The zero-order valence-corrected chi connectivity index (χ0v) is 11.8. The minimum Gasteiger partial charge on any atom is -0.397 e. The molecule has 0 aliphatic heterocycles. The largest absolute Gasteiger partial charge is 0.397 e. The molecule has 100 valence electrons. The number of halogens is 1. The van der Waals surface area contributed by atoms with Crippen molar-refractivity contribution in [2.45, 2.75) is 11.8 Å². The van der Waals surface area contributed by atoms with E-state index in [9.17, 15) is 8.42 Å². The maximum absolute atomic E-state index is 12.2. The second-order valence-electron chi connectivity index (χ2n) is 4.10. The van der Waals surface area contributed by atoms with E-state index in [-0.39, 0.29) is 10.6 Å². The van der Waals surface area contributed by atoms with Crippen LogP contribution in [0.4, 0.5) is 11.4 Å². The average molecular weight is 297 g/mol. The average Bonchev–Trinajstić information content (AvgIpc) is 2.35. The number of nitrogens with one attached hydrogen (secondary N) is 1. The lowest BCUT2D eigenvalue weighted by atomic mass is 10.2. The van der Waals surface area contributed by atoms with E-state index in [1.165, 1.54) is 18.2 Å². The number of aryl methyl sites for hydroxylation is 1. The van der Waals surface area contributed by atoms with E-state index in [4.69, 9.17) is 17.3 Å². The molecule has 0 amide bonds. The van der Waals surface area contributed by atoms with Gasteiger partial charge in [0.15, 0.2) is 0 Å². The molecule has 0 heterocycles. The lowest BCUT2D eigenvalue weighted by Crippen LogP contribution is -2.14. The molecule has 0 aliphatic carbocycles. The van der Waals surface area contributed by atoms with Gasteiger partial charge in [0.25, 0.3) is 10.0 Å². The Labute approximate surface area is 117 Å². The van der Waals surface area contributed by atoms with E-state index >= 15 is 0 Å². The molecule has 2 rings (SSSR count). The molecular formula is C13H13ClN2O2S. The third-order valence-corrected chi connectivity index (χ3v) is 4.37. The Morgan fingerprint density at radius 3 is 2.47 bits per heavy atom. The van der Waals surface area contributed by atoms with Crippen LogP contribution in [0.5, 0.6) is 0 Å². The van der Waals surface area contributed by atoms with E-state index < -0.39 is 10.0 Å². The van der Waals surface area contributed by atoms with Crippen molar-refractivity contribution in [3.05, 3.63) is 53.1 Å². The first-order valence-electron chi connectivity index (χ1n) is 5.53. The molecule has 0 saturated heterocycles. The number of para-hydroxylation sites is 1. The third-order valence-electron chi connectivity index (χ3n) is 2.67. The van der Waals surface area contributed by atoms with Crippen molar-refractivity contribution in [1.29, 1.82) is 0 Å². The molecule has 0 radical (unpaired) electrons. The number of anilines is 2. The van der Waals surface area contributed by atoms with Gasteiger partial charge >= 0.3 is 0 Å². The lowest BCUT2D eigenvalue weighted by Gasteiger charge is -2.11. The normalized spacial score (nSPS) is 11.3. The predicted molar refractivity (Wildman–Crippen MR) is 77.9 cm³/mol. The summed E-state index contributed by atoms with van der Waals surface area (Å²) in [5.41, 5.74) is 7.23. The Morgan fingerprint density at radius 1 is 1.16 bits per heavy atom. The van der Waals surface area contributed by atoms with Gasteiger partial charge in [0.1, 0.15) is 0 Å². The summed E-state index contributed by atoms with van der Waals surface area (Å²) in [4.78, 5) is 0.0812. The predicted octanol–water partition coefficient (Wildman–Crippen LogP) is 3.03. The van der Waals surface area contributed by atoms with Crippen LogP contribution < -0.4 is 10.5 Å². The smallest absolute Gasteiger partial charge is 0.261 e. The first kappa shape index (κ1) is 13.7. The number of sulfonamides is 1. The second kappa shape index (κ2) is 5.11. The molecule has 6 heteroatoms. The fourth-order valence-corrected chi connectivity index (χ4v) is 2.86. The minimum atomic E-state index is -3.66. The van der Waals surface area contributed by atoms with Crippen molar-refractivity contribution >= 4 is 33.0 Å². The SMILES string of the molecule is Cc1ccccc1NS(=O)(=O)c1ccc(Cl)c(N)c1. The molecule has 3 N–H and O–H groups in total. The van der Waals surface area contributed by atoms with E-state index in [0.29, 0.717) is 10.7 Å². The van der Waals surface area contributed by atoms with Crippen LogP contribution in [-0.4, -0.2) is 8.42 Å². The Kier molecular flexibility index (Phi) is 3.68. The highest BCUT2D eigenvalue weighted by atomic mass is 35.5. The van der Waals surface area contributed by atoms with Crippen molar-refractivity contribution in [3.63, 3.8) is 0 Å². The van der Waals surface area contributed by atoms with Crippen LogP contribution in [-0.2, 0) is 10.0 Å². The molecule has 4 nitrogen and oxygen atoms in total. The zero-order valence-electron chi connectivity index (χ0n) is 10.2. The van der Waals surface area contributed by atoms with Crippen molar-refractivity contribution < 1.29 is 8.42 Å². The van der Waals surface area contributed by atoms with Crippen LogP contribution in [0.2, 0.25) is 5.02 Å². The van der Waals surface area contributed by atoms with E-state index in [0.717, 1.165) is 5.56 Å². The van der Waals surface area contributed by atoms with Crippen molar-refractivity contribution in [3.8, 4) is 0 Å². The molecule has 0 aromatic heterocycles. The van der Waals surface area contributed by atoms with E-state index in [1.807, 2.05) is 19.1 Å². The summed E-state index contributed by atoms with van der Waals surface area (Å²) in [6.07, 6.45) is 0. The van der Waals surface area contributed by atoms with Crippen LogP contribution in [0.25, 0.3) is 0 Å². The Bertz CT molecular complexity index is 714. The fourth-order valence-electron chi connectivity index (χ4n) is 1.58. The molecular weight excluding hydrogens is 284 g/mol. The maximum Gasteiger partial charge on any atom is 0.261 e. The van der Waals surface area contributed by atoms with Gasteiger partial charge in [-0.15, -0.1) is 0 Å². The van der Waals surface area contributed by atoms with Crippen molar-refractivity contribution in [1.82, 2.24) is 0 Å². The number of benzene rings is 2. The molecule has 0 bridgehead atoms. The van der Waals surface area contributed by atoms with Gasteiger partial charge in [-0.3, -0.25) is 4.72 Å². The molecule has 0 atom stereocenters. The quantitative estimate of drug-likeness (QED) is 0.855.